The minimum absolute atomic E-state index is 0.0598. The average molecular weight is 517 g/mol. The average Bonchev–Trinajstić information content (AvgIpc) is 2.92. The molecule has 1 heterocycles. The summed E-state index contributed by atoms with van der Waals surface area (Å²) in [6.07, 6.45) is 1.51. The molecule has 1 saturated heterocycles. The van der Waals surface area contributed by atoms with Gasteiger partial charge < -0.3 is 15.2 Å². The fraction of sp³-hybridized carbons (Fsp3) is 0.111. The molecule has 1 aliphatic heterocycles. The number of rotatable bonds is 4. The first-order chi connectivity index (χ1) is 12.8. The lowest BCUT2D eigenvalue weighted by molar-refractivity contribution is -0.113. The van der Waals surface area contributed by atoms with Crippen LogP contribution in [0.4, 0.5) is 10.5 Å². The number of aromatic hydroxyl groups is 1. The zero-order chi connectivity index (χ0) is 19.7. The van der Waals surface area contributed by atoms with Gasteiger partial charge in [0.05, 0.1) is 16.8 Å². The van der Waals surface area contributed by atoms with E-state index < -0.39 is 11.9 Å². The molecule has 2 N–H and O–H groups in total. The van der Waals surface area contributed by atoms with Crippen LogP contribution in [0.2, 0.25) is 5.02 Å². The summed E-state index contributed by atoms with van der Waals surface area (Å²) in [5, 5.41) is 13.2. The number of amides is 3. The number of carbonyl (C=O) groups excluding carboxylic acids is 2. The topological polar surface area (TPSA) is 78.9 Å². The fourth-order valence-electron chi connectivity index (χ4n) is 2.50. The number of nitrogens with one attached hydrogen (secondary N) is 1. The van der Waals surface area contributed by atoms with Crippen molar-refractivity contribution in [1.82, 2.24) is 5.32 Å². The third-order valence-electron chi connectivity index (χ3n) is 3.74. The van der Waals surface area contributed by atoms with Crippen molar-refractivity contribution in [2.75, 3.05) is 11.5 Å². The van der Waals surface area contributed by atoms with Crippen LogP contribution in [0.3, 0.4) is 0 Å². The molecule has 0 aliphatic carbocycles. The van der Waals surface area contributed by atoms with Gasteiger partial charge in [-0.25, -0.2) is 9.69 Å². The Kier molecular flexibility index (Phi) is 5.78. The number of ether oxygens (including phenoxy) is 1. The van der Waals surface area contributed by atoms with Crippen LogP contribution in [0.15, 0.2) is 45.0 Å². The van der Waals surface area contributed by atoms with Crippen LogP contribution >= 0.6 is 43.5 Å². The zero-order valence-corrected chi connectivity index (χ0v) is 17.9. The molecule has 2 aromatic carbocycles. The molecule has 0 radical (unpaired) electrons. The highest BCUT2D eigenvalue weighted by molar-refractivity contribution is 9.13. The van der Waals surface area contributed by atoms with E-state index in [1.54, 1.807) is 37.3 Å². The first-order valence-electron chi connectivity index (χ1n) is 7.80. The van der Waals surface area contributed by atoms with Crippen molar-refractivity contribution in [2.45, 2.75) is 6.92 Å². The van der Waals surface area contributed by atoms with Crippen molar-refractivity contribution in [1.29, 1.82) is 0 Å². The molecule has 0 spiro atoms. The van der Waals surface area contributed by atoms with Gasteiger partial charge >= 0.3 is 6.03 Å². The number of imide groups is 1. The van der Waals surface area contributed by atoms with E-state index in [1.165, 1.54) is 6.08 Å². The Labute approximate surface area is 177 Å². The number of urea groups is 1. The Morgan fingerprint density at radius 2 is 1.89 bits per heavy atom. The third-order valence-corrected chi connectivity index (χ3v) is 6.15. The van der Waals surface area contributed by atoms with E-state index in [0.717, 1.165) is 4.90 Å². The van der Waals surface area contributed by atoms with Crippen molar-refractivity contribution in [3.63, 3.8) is 0 Å². The third kappa shape index (κ3) is 3.83. The number of phenolic OH excluding ortho intramolecular Hbond substituents is 1. The number of anilines is 1. The molecule has 0 bridgehead atoms. The maximum absolute atomic E-state index is 12.7. The molecular formula is C18H13Br2ClN2O4. The lowest BCUT2D eigenvalue weighted by Crippen LogP contribution is -2.30. The summed E-state index contributed by atoms with van der Waals surface area (Å²) < 4.78 is 6.30. The minimum Gasteiger partial charge on any atom is -0.503 e. The van der Waals surface area contributed by atoms with Gasteiger partial charge in [0.2, 0.25) is 0 Å². The molecule has 6 nitrogen and oxygen atoms in total. The molecule has 3 amide bonds. The van der Waals surface area contributed by atoms with E-state index in [9.17, 15) is 14.7 Å². The van der Waals surface area contributed by atoms with Crippen molar-refractivity contribution in [2.24, 2.45) is 0 Å². The quantitative estimate of drug-likeness (QED) is 0.440. The summed E-state index contributed by atoms with van der Waals surface area (Å²) in [5.41, 5.74) is 1.05. The normalized spacial score (nSPS) is 15.4. The summed E-state index contributed by atoms with van der Waals surface area (Å²) in [5.74, 6) is -0.308. The number of nitrogens with zero attached hydrogens (tertiary/aromatic N) is 1. The Morgan fingerprint density at radius 3 is 2.52 bits per heavy atom. The van der Waals surface area contributed by atoms with Crippen molar-refractivity contribution in [3.8, 4) is 11.5 Å². The first kappa shape index (κ1) is 19.7. The van der Waals surface area contributed by atoms with E-state index >= 15 is 0 Å². The summed E-state index contributed by atoms with van der Waals surface area (Å²) in [4.78, 5) is 26.0. The van der Waals surface area contributed by atoms with Crippen molar-refractivity contribution < 1.29 is 19.4 Å². The van der Waals surface area contributed by atoms with E-state index in [1.807, 2.05) is 0 Å². The van der Waals surface area contributed by atoms with Crippen LogP contribution in [0.1, 0.15) is 12.5 Å². The second-order valence-electron chi connectivity index (χ2n) is 5.48. The smallest absolute Gasteiger partial charge is 0.333 e. The Bertz CT molecular complexity index is 961. The maximum Gasteiger partial charge on any atom is 0.333 e. The number of carbonyl (C=O) groups is 2. The highest BCUT2D eigenvalue weighted by Gasteiger charge is 2.35. The summed E-state index contributed by atoms with van der Waals surface area (Å²) >= 11 is 12.5. The summed E-state index contributed by atoms with van der Waals surface area (Å²) in [6.45, 7) is 2.15. The fourth-order valence-corrected chi connectivity index (χ4v) is 3.46. The number of halogens is 3. The van der Waals surface area contributed by atoms with E-state index in [4.69, 9.17) is 16.3 Å². The second kappa shape index (κ2) is 7.92. The van der Waals surface area contributed by atoms with Gasteiger partial charge in [-0.3, -0.25) is 4.79 Å². The van der Waals surface area contributed by atoms with Gasteiger partial charge in [-0.15, -0.1) is 0 Å². The van der Waals surface area contributed by atoms with Gasteiger partial charge in [0, 0.05) is 9.50 Å². The Hall–Kier alpha value is -2.03. The van der Waals surface area contributed by atoms with Gasteiger partial charge in [-0.2, -0.15) is 0 Å². The van der Waals surface area contributed by atoms with E-state index in [2.05, 4.69) is 37.2 Å². The monoisotopic (exact) mass is 514 g/mol. The second-order valence-corrected chi connectivity index (χ2v) is 7.50. The van der Waals surface area contributed by atoms with Crippen molar-refractivity contribution >= 4 is 67.2 Å². The molecule has 1 aliphatic rings. The van der Waals surface area contributed by atoms with Crippen LogP contribution in [0.5, 0.6) is 11.5 Å². The highest BCUT2D eigenvalue weighted by atomic mass is 79.9. The lowest BCUT2D eigenvalue weighted by atomic mass is 10.1. The van der Waals surface area contributed by atoms with Crippen LogP contribution in [-0.2, 0) is 4.79 Å². The number of hydrogen-bond donors (Lipinski definition) is 2. The van der Waals surface area contributed by atoms with Gasteiger partial charge in [0.25, 0.3) is 5.91 Å². The largest absolute Gasteiger partial charge is 0.503 e. The van der Waals surface area contributed by atoms with E-state index in [0.29, 0.717) is 31.8 Å². The van der Waals surface area contributed by atoms with Gasteiger partial charge in [-0.05, 0) is 80.8 Å². The molecule has 0 aromatic heterocycles. The van der Waals surface area contributed by atoms with Crippen LogP contribution in [0, 0.1) is 0 Å². The molecule has 9 heteroatoms. The van der Waals surface area contributed by atoms with Gasteiger partial charge in [-0.1, -0.05) is 11.6 Å². The van der Waals surface area contributed by atoms with Crippen LogP contribution < -0.4 is 15.0 Å². The zero-order valence-electron chi connectivity index (χ0n) is 13.9. The predicted octanol–water partition coefficient (Wildman–Crippen LogP) is 5.07. The van der Waals surface area contributed by atoms with Gasteiger partial charge in [0.1, 0.15) is 5.70 Å². The molecular weight excluding hydrogens is 503 g/mol. The maximum atomic E-state index is 12.7. The Morgan fingerprint density at radius 1 is 1.22 bits per heavy atom. The number of phenols is 1. The molecule has 1 fully saturated rings. The SMILES string of the molecule is CCOc1cc(/C=C2/NC(=O)N(c3ccc(Cl)cc3)C2=O)c(Br)c(Br)c1O. The molecule has 140 valence electrons. The standard InChI is InChI=1S/C18H13Br2ClN2O4/c1-2-27-13-8-9(14(19)15(20)16(13)24)7-12-17(25)23(18(26)22-12)11-5-3-10(21)4-6-11/h3-8,24H,2H2,1H3,(H,22,26)/b12-7+. The number of benzene rings is 2. The van der Waals surface area contributed by atoms with Crippen molar-refractivity contribution in [3.05, 3.63) is 55.6 Å². The highest BCUT2D eigenvalue weighted by Crippen LogP contribution is 2.42. The predicted molar refractivity (Wildman–Crippen MR) is 110 cm³/mol. The first-order valence-corrected chi connectivity index (χ1v) is 9.76. The minimum atomic E-state index is -0.562. The Balaban J connectivity index is 2.00. The van der Waals surface area contributed by atoms with E-state index in [-0.39, 0.29) is 17.2 Å². The molecule has 2 aromatic rings. The van der Waals surface area contributed by atoms with Gasteiger partial charge in [0.15, 0.2) is 11.5 Å². The van der Waals surface area contributed by atoms with Crippen LogP contribution in [0.25, 0.3) is 6.08 Å². The lowest BCUT2D eigenvalue weighted by Gasteiger charge is -2.12. The van der Waals surface area contributed by atoms with Crippen LogP contribution in [-0.4, -0.2) is 23.7 Å². The molecule has 0 saturated carbocycles. The molecule has 3 rings (SSSR count). The molecule has 0 unspecified atom stereocenters. The number of hydrogen-bond acceptors (Lipinski definition) is 4. The summed E-state index contributed by atoms with van der Waals surface area (Å²) in [7, 11) is 0. The molecule has 27 heavy (non-hydrogen) atoms. The molecule has 0 atom stereocenters. The summed E-state index contributed by atoms with van der Waals surface area (Å²) in [6, 6.07) is 7.38.